The summed E-state index contributed by atoms with van der Waals surface area (Å²) >= 11 is 1.05. The average Bonchev–Trinajstić information content (AvgIpc) is 3.27. The number of halogens is 2. The van der Waals surface area contributed by atoms with Crippen LogP contribution in [0.2, 0.25) is 0 Å². The molecule has 1 saturated heterocycles. The van der Waals surface area contributed by atoms with Crippen LogP contribution in [0.1, 0.15) is 28.9 Å². The number of alkyl halides is 1. The predicted octanol–water partition coefficient (Wildman–Crippen LogP) is 3.09. The standard InChI is InChI=1S/C21H25F2N7OS/c1-11-3-4-13(22)12(9-11)20-28-17(18(25)32-20)19(31)27-16-10-26-29(2)21(16)30-7-5-14(23)15(24)6-8-30/h3-4,9-10,14-15H,5-8,24-25H2,1-2H3,(H,27,31)/t14-,15-/m1/s1. The van der Waals surface area contributed by atoms with Crippen molar-refractivity contribution >= 4 is 33.8 Å². The van der Waals surface area contributed by atoms with Gasteiger partial charge in [0, 0.05) is 31.7 Å². The summed E-state index contributed by atoms with van der Waals surface area (Å²) in [7, 11) is 1.75. The Morgan fingerprint density at radius 1 is 1.31 bits per heavy atom. The van der Waals surface area contributed by atoms with Crippen LogP contribution >= 0.6 is 11.3 Å². The van der Waals surface area contributed by atoms with Crippen LogP contribution in [0.25, 0.3) is 10.6 Å². The number of carbonyl (C=O) groups is 1. The summed E-state index contributed by atoms with van der Waals surface area (Å²) in [6.07, 6.45) is 1.24. The molecule has 11 heteroatoms. The molecule has 0 saturated carbocycles. The topological polar surface area (TPSA) is 115 Å². The lowest BCUT2D eigenvalue weighted by Gasteiger charge is -2.24. The molecule has 3 aromatic rings. The normalized spacial score (nSPS) is 19.1. The van der Waals surface area contributed by atoms with Crippen LogP contribution in [0.5, 0.6) is 0 Å². The highest BCUT2D eigenvalue weighted by molar-refractivity contribution is 7.19. The SMILES string of the molecule is Cc1ccc(F)c(-c2nc(C(=O)Nc3cnn(C)c3N3CC[C@@H](N)[C@H](F)CC3)c(N)s2)c1. The molecule has 0 aliphatic carbocycles. The number of aromatic nitrogens is 3. The van der Waals surface area contributed by atoms with E-state index in [4.69, 9.17) is 11.5 Å². The fourth-order valence-electron chi connectivity index (χ4n) is 3.79. The maximum atomic E-state index is 14.3. The van der Waals surface area contributed by atoms with Crippen molar-refractivity contribution < 1.29 is 13.6 Å². The zero-order valence-electron chi connectivity index (χ0n) is 17.8. The van der Waals surface area contributed by atoms with Gasteiger partial charge < -0.3 is 21.7 Å². The summed E-state index contributed by atoms with van der Waals surface area (Å²) in [4.78, 5) is 19.2. The highest BCUT2D eigenvalue weighted by Crippen LogP contribution is 2.34. The molecular weight excluding hydrogens is 436 g/mol. The fourth-order valence-corrected chi connectivity index (χ4v) is 4.64. The van der Waals surface area contributed by atoms with Crippen LogP contribution in [-0.2, 0) is 7.05 Å². The van der Waals surface area contributed by atoms with Crippen LogP contribution in [0, 0.1) is 12.7 Å². The Kier molecular flexibility index (Phi) is 6.11. The van der Waals surface area contributed by atoms with Crippen LogP contribution in [-0.4, -0.2) is 46.0 Å². The molecule has 2 aromatic heterocycles. The fraction of sp³-hybridized carbons (Fsp3) is 0.381. The smallest absolute Gasteiger partial charge is 0.277 e. The Balaban J connectivity index is 1.58. The van der Waals surface area contributed by atoms with Gasteiger partial charge in [0.15, 0.2) is 11.5 Å². The van der Waals surface area contributed by atoms with E-state index in [-0.39, 0.29) is 10.7 Å². The molecular formula is C21H25F2N7OS. The van der Waals surface area contributed by atoms with Gasteiger partial charge in [0.25, 0.3) is 5.91 Å². The van der Waals surface area contributed by atoms with E-state index in [1.807, 2.05) is 11.8 Å². The van der Waals surface area contributed by atoms with E-state index >= 15 is 0 Å². The first-order valence-corrected chi connectivity index (χ1v) is 11.1. The van der Waals surface area contributed by atoms with Crippen molar-refractivity contribution in [2.75, 3.05) is 29.0 Å². The number of carbonyl (C=O) groups excluding carboxylic acids is 1. The lowest BCUT2D eigenvalue weighted by molar-refractivity contribution is 0.102. The van der Waals surface area contributed by atoms with Crippen molar-refractivity contribution in [3.05, 3.63) is 41.5 Å². The summed E-state index contributed by atoms with van der Waals surface area (Å²) in [6, 6.07) is 4.17. The van der Waals surface area contributed by atoms with Crippen molar-refractivity contribution in [1.82, 2.24) is 14.8 Å². The summed E-state index contributed by atoms with van der Waals surface area (Å²) < 4.78 is 29.9. The van der Waals surface area contributed by atoms with Crippen molar-refractivity contribution in [2.24, 2.45) is 12.8 Å². The minimum absolute atomic E-state index is 0.0161. The first-order valence-electron chi connectivity index (χ1n) is 10.3. The van der Waals surface area contributed by atoms with Gasteiger partial charge in [-0.15, -0.1) is 0 Å². The minimum Gasteiger partial charge on any atom is -0.389 e. The lowest BCUT2D eigenvalue weighted by Crippen LogP contribution is -2.31. The lowest BCUT2D eigenvalue weighted by atomic mass is 10.1. The number of rotatable bonds is 4. The number of amides is 1. The van der Waals surface area contributed by atoms with Gasteiger partial charge in [-0.2, -0.15) is 5.10 Å². The second-order valence-corrected chi connectivity index (χ2v) is 8.95. The van der Waals surface area contributed by atoms with Crippen LogP contribution in [0.4, 0.5) is 25.3 Å². The van der Waals surface area contributed by atoms with E-state index in [1.165, 1.54) is 12.3 Å². The van der Waals surface area contributed by atoms with Crippen molar-refractivity contribution in [3.8, 4) is 10.6 Å². The third kappa shape index (κ3) is 4.30. The zero-order chi connectivity index (χ0) is 23.0. The van der Waals surface area contributed by atoms with Crippen molar-refractivity contribution in [2.45, 2.75) is 32.0 Å². The maximum absolute atomic E-state index is 14.3. The first kappa shape index (κ1) is 22.2. The van der Waals surface area contributed by atoms with Gasteiger partial charge in [0.1, 0.15) is 27.7 Å². The molecule has 170 valence electrons. The van der Waals surface area contributed by atoms with Gasteiger partial charge in [-0.1, -0.05) is 23.0 Å². The molecule has 1 aromatic carbocycles. The molecule has 0 spiro atoms. The Labute approximate surface area is 188 Å². The van der Waals surface area contributed by atoms with Crippen LogP contribution in [0.15, 0.2) is 24.4 Å². The molecule has 0 unspecified atom stereocenters. The number of hydrogen-bond acceptors (Lipinski definition) is 7. The van der Waals surface area contributed by atoms with E-state index in [1.54, 1.807) is 23.9 Å². The highest BCUT2D eigenvalue weighted by Gasteiger charge is 2.27. The number of benzene rings is 1. The van der Waals surface area contributed by atoms with E-state index in [2.05, 4.69) is 15.4 Å². The zero-order valence-corrected chi connectivity index (χ0v) is 18.6. The molecule has 1 aliphatic heterocycles. The number of hydrogen-bond donors (Lipinski definition) is 3. The van der Waals surface area contributed by atoms with E-state index in [0.717, 1.165) is 16.9 Å². The number of aryl methyl sites for hydroxylation is 2. The third-order valence-corrected chi connectivity index (χ3v) is 6.47. The van der Waals surface area contributed by atoms with E-state index in [0.29, 0.717) is 48.0 Å². The molecule has 3 heterocycles. The molecule has 1 fully saturated rings. The van der Waals surface area contributed by atoms with Crippen molar-refractivity contribution in [3.63, 3.8) is 0 Å². The quantitative estimate of drug-likeness (QED) is 0.550. The van der Waals surface area contributed by atoms with Crippen LogP contribution < -0.4 is 21.7 Å². The highest BCUT2D eigenvalue weighted by atomic mass is 32.1. The maximum Gasteiger partial charge on any atom is 0.277 e. The largest absolute Gasteiger partial charge is 0.389 e. The second kappa shape index (κ2) is 8.83. The average molecular weight is 462 g/mol. The molecule has 2 atom stereocenters. The Hall–Kier alpha value is -3.05. The molecule has 1 amide bonds. The van der Waals surface area contributed by atoms with Gasteiger partial charge in [0.2, 0.25) is 0 Å². The number of nitrogen functional groups attached to an aromatic ring is 1. The Bertz CT molecular complexity index is 1130. The summed E-state index contributed by atoms with van der Waals surface area (Å²) in [5, 5.41) is 7.56. The molecule has 8 nitrogen and oxygen atoms in total. The van der Waals surface area contributed by atoms with E-state index < -0.39 is 23.9 Å². The number of anilines is 3. The molecule has 0 radical (unpaired) electrons. The monoisotopic (exact) mass is 461 g/mol. The number of nitrogens with zero attached hydrogens (tertiary/aromatic N) is 4. The number of nitrogens with one attached hydrogen (secondary N) is 1. The van der Waals surface area contributed by atoms with E-state index in [9.17, 15) is 13.6 Å². The second-order valence-electron chi connectivity index (χ2n) is 7.92. The predicted molar refractivity (Wildman–Crippen MR) is 122 cm³/mol. The minimum atomic E-state index is -1.07. The summed E-state index contributed by atoms with van der Waals surface area (Å²) in [5.74, 6) is -0.308. The number of nitrogens with two attached hydrogens (primary N) is 2. The first-order chi connectivity index (χ1) is 15.2. The van der Waals surface area contributed by atoms with Crippen molar-refractivity contribution in [1.29, 1.82) is 0 Å². The van der Waals surface area contributed by atoms with Crippen LogP contribution in [0.3, 0.4) is 0 Å². The Morgan fingerprint density at radius 3 is 2.84 bits per heavy atom. The van der Waals surface area contributed by atoms with Gasteiger partial charge >= 0.3 is 0 Å². The molecule has 0 bridgehead atoms. The van der Waals surface area contributed by atoms with Gasteiger partial charge in [0.05, 0.1) is 6.20 Å². The van der Waals surface area contributed by atoms with Gasteiger partial charge in [-0.05, 0) is 31.9 Å². The molecule has 32 heavy (non-hydrogen) atoms. The number of thiazole rings is 1. The third-order valence-electron chi connectivity index (χ3n) is 5.55. The summed E-state index contributed by atoms with van der Waals surface area (Å²) in [6.45, 7) is 2.84. The van der Waals surface area contributed by atoms with Gasteiger partial charge in [-0.25, -0.2) is 13.8 Å². The van der Waals surface area contributed by atoms with Gasteiger partial charge in [-0.3, -0.25) is 9.48 Å². The molecule has 5 N–H and O–H groups in total. The summed E-state index contributed by atoms with van der Waals surface area (Å²) in [5.41, 5.74) is 13.6. The molecule has 4 rings (SSSR count). The Morgan fingerprint density at radius 2 is 2.06 bits per heavy atom. The molecule has 1 aliphatic rings.